The maximum atomic E-state index is 6.37. The molecule has 276 valence electrons. The van der Waals surface area contributed by atoms with E-state index in [4.69, 9.17) is 9.72 Å². The van der Waals surface area contributed by atoms with Gasteiger partial charge in [0.1, 0.15) is 11.6 Å². The molecule has 0 aliphatic carbocycles. The van der Waals surface area contributed by atoms with Gasteiger partial charge in [-0.1, -0.05) is 109 Å². The Morgan fingerprint density at radius 1 is 0.305 bits per heavy atom. The van der Waals surface area contributed by atoms with Crippen LogP contribution in [0.15, 0.2) is 200 Å². The lowest BCUT2D eigenvalue weighted by Gasteiger charge is -2.33. The van der Waals surface area contributed by atoms with Crippen LogP contribution in [0.5, 0.6) is 11.5 Å². The molecule has 59 heavy (non-hydrogen) atoms. The van der Waals surface area contributed by atoms with E-state index in [1.165, 1.54) is 32.3 Å². The second-order valence-corrected chi connectivity index (χ2v) is 15.2. The summed E-state index contributed by atoms with van der Waals surface area (Å²) in [6, 6.07) is 71.1. The molecule has 0 saturated heterocycles. The summed E-state index contributed by atoms with van der Waals surface area (Å²) in [5.74, 6) is 3.41. The van der Waals surface area contributed by atoms with Gasteiger partial charge in [-0.3, -0.25) is 9.13 Å². The van der Waals surface area contributed by atoms with E-state index in [9.17, 15) is 0 Å². The smallest absolute Gasteiger partial charge is 0.151 e. The Labute approximate surface area is 338 Å². The zero-order valence-electron chi connectivity index (χ0n) is 31.7. The molecule has 1 aliphatic rings. The fourth-order valence-electron chi connectivity index (χ4n) is 9.54. The predicted molar refractivity (Wildman–Crippen MR) is 242 cm³/mol. The summed E-state index contributed by atoms with van der Waals surface area (Å²) in [6.45, 7) is 0. The van der Waals surface area contributed by atoms with Crippen LogP contribution in [0.3, 0.4) is 0 Å². The fourth-order valence-corrected chi connectivity index (χ4v) is 9.54. The molecule has 0 bridgehead atoms. The lowest BCUT2D eigenvalue weighted by molar-refractivity contribution is 0.477. The molecule has 13 rings (SSSR count). The predicted octanol–water partition coefficient (Wildman–Crippen LogP) is 13.9. The Morgan fingerprint density at radius 3 is 1.31 bits per heavy atom. The average Bonchev–Trinajstić information content (AvgIpc) is 3.93. The van der Waals surface area contributed by atoms with E-state index in [2.05, 4.69) is 195 Å². The monoisotopic (exact) mass is 755 g/mol. The Hall–Kier alpha value is -8.09. The summed E-state index contributed by atoms with van der Waals surface area (Å²) < 4.78 is 13.4. The van der Waals surface area contributed by atoms with Gasteiger partial charge < -0.3 is 14.2 Å². The van der Waals surface area contributed by atoms with Gasteiger partial charge in [-0.05, 0) is 91.0 Å². The molecular weight excluding hydrogens is 723 g/mol. The van der Waals surface area contributed by atoms with Crippen molar-refractivity contribution in [2.45, 2.75) is 0 Å². The number of anilines is 3. The molecule has 5 heterocycles. The standard InChI is InChI=1S/C53H33N5O/c1-6-22-43-36(17-1)37-18-2-7-23-44(37)57(43)52-29-14-30-53(54-52)58-45-24-8-4-20-39(45)41-32-40-38-19-3-5-21-42(38)55(48(40)33-49(41)58)34-15-13-16-35(31-34)56-46-25-9-11-27-50(46)59-51-28-12-10-26-47(51)56/h1-33H. The molecule has 0 saturated carbocycles. The number of pyridine rings is 1. The number of hydrogen-bond donors (Lipinski definition) is 0. The van der Waals surface area contributed by atoms with Gasteiger partial charge in [0.05, 0.1) is 44.5 Å². The number of hydrogen-bond acceptors (Lipinski definition) is 3. The van der Waals surface area contributed by atoms with Crippen molar-refractivity contribution in [2.24, 2.45) is 0 Å². The Kier molecular flexibility index (Phi) is 6.63. The Bertz CT molecular complexity index is 3580. The number of rotatable bonds is 4. The maximum Gasteiger partial charge on any atom is 0.151 e. The zero-order valence-corrected chi connectivity index (χ0v) is 31.7. The van der Waals surface area contributed by atoms with Crippen LogP contribution in [0.4, 0.5) is 17.1 Å². The summed E-state index contributed by atoms with van der Waals surface area (Å²) in [4.78, 5) is 7.77. The fraction of sp³-hybridized carbons (Fsp3) is 0. The van der Waals surface area contributed by atoms with Gasteiger partial charge >= 0.3 is 0 Å². The second-order valence-electron chi connectivity index (χ2n) is 15.2. The second kappa shape index (κ2) is 12.2. The summed E-state index contributed by atoms with van der Waals surface area (Å²) in [7, 11) is 0. The van der Waals surface area contributed by atoms with Crippen molar-refractivity contribution in [3.8, 4) is 28.8 Å². The largest absolute Gasteiger partial charge is 0.453 e. The molecule has 0 radical (unpaired) electrons. The SMILES string of the molecule is c1cc(N2c3ccccc3Oc3ccccc32)cc(-n2c3ccccc3c3cc4c5ccccc5n(-c5cccc(-n6c7ccccc7c7ccccc76)n5)c4cc32)c1. The first-order valence-electron chi connectivity index (χ1n) is 20.0. The van der Waals surface area contributed by atoms with Crippen molar-refractivity contribution in [2.75, 3.05) is 4.90 Å². The third-order valence-electron chi connectivity index (χ3n) is 12.0. The third-order valence-corrected chi connectivity index (χ3v) is 12.0. The first kappa shape index (κ1) is 32.0. The topological polar surface area (TPSA) is 40.1 Å². The number of nitrogens with zero attached hydrogens (tertiary/aromatic N) is 5. The van der Waals surface area contributed by atoms with Crippen molar-refractivity contribution < 1.29 is 4.74 Å². The van der Waals surface area contributed by atoms with Crippen molar-refractivity contribution in [3.63, 3.8) is 0 Å². The minimum Gasteiger partial charge on any atom is -0.453 e. The molecule has 1 aliphatic heterocycles. The van der Waals surface area contributed by atoms with Gasteiger partial charge in [-0.25, -0.2) is 4.98 Å². The highest BCUT2D eigenvalue weighted by Crippen LogP contribution is 2.50. The molecule has 4 aromatic heterocycles. The number of benzene rings is 8. The van der Waals surface area contributed by atoms with Gasteiger partial charge in [0, 0.05) is 43.7 Å². The summed E-state index contributed by atoms with van der Waals surface area (Å²) in [5, 5.41) is 7.23. The van der Waals surface area contributed by atoms with E-state index >= 15 is 0 Å². The first-order valence-corrected chi connectivity index (χ1v) is 20.0. The summed E-state index contributed by atoms with van der Waals surface area (Å²) in [5.41, 5.74) is 10.9. The molecule has 0 spiro atoms. The zero-order chi connectivity index (χ0) is 38.6. The van der Waals surface area contributed by atoms with Crippen LogP contribution in [-0.4, -0.2) is 18.7 Å². The minimum atomic E-state index is 0.833. The highest BCUT2D eigenvalue weighted by atomic mass is 16.5. The van der Waals surface area contributed by atoms with Crippen LogP contribution in [0, 0.1) is 0 Å². The summed E-state index contributed by atoms with van der Waals surface area (Å²) >= 11 is 0. The van der Waals surface area contributed by atoms with E-state index in [0.717, 1.165) is 79.0 Å². The highest BCUT2D eigenvalue weighted by Gasteiger charge is 2.26. The van der Waals surface area contributed by atoms with Crippen molar-refractivity contribution in [3.05, 3.63) is 200 Å². The first-order chi connectivity index (χ1) is 29.3. The quantitative estimate of drug-likeness (QED) is 0.180. The van der Waals surface area contributed by atoms with E-state index in [1.54, 1.807) is 0 Å². The molecule has 12 aromatic rings. The summed E-state index contributed by atoms with van der Waals surface area (Å²) in [6.07, 6.45) is 0. The molecule has 0 fully saturated rings. The van der Waals surface area contributed by atoms with Crippen LogP contribution < -0.4 is 9.64 Å². The van der Waals surface area contributed by atoms with E-state index < -0.39 is 0 Å². The third kappa shape index (κ3) is 4.59. The average molecular weight is 756 g/mol. The van der Waals surface area contributed by atoms with E-state index in [-0.39, 0.29) is 0 Å². The molecule has 8 aromatic carbocycles. The normalized spacial score (nSPS) is 12.5. The number of para-hydroxylation sites is 8. The van der Waals surface area contributed by atoms with Crippen molar-refractivity contribution in [1.29, 1.82) is 0 Å². The Morgan fingerprint density at radius 2 is 0.729 bits per heavy atom. The Balaban J connectivity index is 1.05. The van der Waals surface area contributed by atoms with Crippen LogP contribution in [0.25, 0.3) is 82.7 Å². The van der Waals surface area contributed by atoms with E-state index in [0.29, 0.717) is 0 Å². The van der Waals surface area contributed by atoms with Crippen molar-refractivity contribution in [1.82, 2.24) is 18.7 Å². The molecule has 0 unspecified atom stereocenters. The van der Waals surface area contributed by atoms with Crippen LogP contribution in [-0.2, 0) is 0 Å². The van der Waals surface area contributed by atoms with Crippen LogP contribution in [0.2, 0.25) is 0 Å². The molecule has 6 nitrogen and oxygen atoms in total. The molecule has 0 N–H and O–H groups in total. The van der Waals surface area contributed by atoms with Gasteiger partial charge in [0.2, 0.25) is 0 Å². The maximum absolute atomic E-state index is 6.37. The van der Waals surface area contributed by atoms with Crippen molar-refractivity contribution >= 4 is 82.5 Å². The van der Waals surface area contributed by atoms with Gasteiger partial charge in [-0.15, -0.1) is 0 Å². The molecular formula is C53H33N5O. The van der Waals surface area contributed by atoms with Gasteiger partial charge in [0.15, 0.2) is 11.5 Å². The number of fused-ring (bicyclic) bond motifs is 11. The van der Waals surface area contributed by atoms with Crippen LogP contribution >= 0.6 is 0 Å². The van der Waals surface area contributed by atoms with Crippen LogP contribution in [0.1, 0.15) is 0 Å². The lowest BCUT2D eigenvalue weighted by atomic mass is 10.1. The molecule has 0 atom stereocenters. The minimum absolute atomic E-state index is 0.833. The number of ether oxygens (including phenoxy) is 1. The highest BCUT2D eigenvalue weighted by molar-refractivity contribution is 6.19. The van der Waals surface area contributed by atoms with Gasteiger partial charge in [0.25, 0.3) is 0 Å². The molecule has 0 amide bonds. The van der Waals surface area contributed by atoms with E-state index in [1.807, 2.05) is 24.3 Å². The number of aromatic nitrogens is 4. The lowest BCUT2D eigenvalue weighted by Crippen LogP contribution is -2.15. The molecule has 6 heteroatoms. The van der Waals surface area contributed by atoms with Gasteiger partial charge in [-0.2, -0.15) is 0 Å².